The lowest BCUT2D eigenvalue weighted by molar-refractivity contribution is -0.388. The molecule has 0 atom stereocenters. The average Bonchev–Trinajstić information content (AvgIpc) is 3.10. The molecule has 4 rings (SSSR count). The molecule has 0 radical (unpaired) electrons. The Labute approximate surface area is 175 Å². The highest BCUT2D eigenvalue weighted by Crippen LogP contribution is 2.36. The van der Waals surface area contributed by atoms with Gasteiger partial charge in [-0.05, 0) is 42.1 Å². The molecule has 152 valence electrons. The fourth-order valence-corrected chi connectivity index (χ4v) is 5.42. The van der Waals surface area contributed by atoms with E-state index in [1.54, 1.807) is 18.2 Å². The zero-order chi connectivity index (χ0) is 20.6. The lowest BCUT2D eigenvalue weighted by Crippen LogP contribution is -2.40. The summed E-state index contributed by atoms with van der Waals surface area (Å²) in [6, 6.07) is 9.04. The van der Waals surface area contributed by atoms with Gasteiger partial charge in [0.1, 0.15) is 0 Å². The molecule has 1 N–H and O–H groups in total. The van der Waals surface area contributed by atoms with E-state index >= 15 is 0 Å². The molecule has 1 aliphatic heterocycles. The number of aromatic amines is 1. The van der Waals surface area contributed by atoms with Crippen molar-refractivity contribution in [3.05, 3.63) is 51.5 Å². The minimum absolute atomic E-state index is 0.119. The molecule has 29 heavy (non-hydrogen) atoms. The fourth-order valence-electron chi connectivity index (χ4n) is 2.93. The summed E-state index contributed by atoms with van der Waals surface area (Å²) in [5.74, 6) is 0. The van der Waals surface area contributed by atoms with Crippen molar-refractivity contribution in [1.82, 2.24) is 14.3 Å². The summed E-state index contributed by atoms with van der Waals surface area (Å²) < 4.78 is 32.0. The molecule has 2 aromatic carbocycles. The molecule has 1 aliphatic rings. The van der Waals surface area contributed by atoms with Crippen molar-refractivity contribution in [3.63, 3.8) is 0 Å². The number of fused-ring (bicyclic) bond motifs is 1. The van der Waals surface area contributed by atoms with Crippen LogP contribution in [0.3, 0.4) is 0 Å². The minimum Gasteiger partial charge on any atom is -0.379 e. The third kappa shape index (κ3) is 4.09. The van der Waals surface area contributed by atoms with Gasteiger partial charge in [0.05, 0.1) is 39.0 Å². The van der Waals surface area contributed by atoms with E-state index in [0.717, 1.165) is 17.8 Å². The highest BCUT2D eigenvalue weighted by molar-refractivity contribution is 7.99. The molecule has 3 aromatic rings. The molecular formula is C17H15ClN4O5S2. The number of hydrogen-bond donors (Lipinski definition) is 1. The van der Waals surface area contributed by atoms with Crippen LogP contribution in [0.15, 0.2) is 51.3 Å². The normalized spacial score (nSPS) is 15.6. The van der Waals surface area contributed by atoms with Crippen molar-refractivity contribution in [2.45, 2.75) is 14.9 Å². The van der Waals surface area contributed by atoms with Crippen LogP contribution in [0.2, 0.25) is 5.02 Å². The lowest BCUT2D eigenvalue weighted by atomic mass is 10.3. The second kappa shape index (κ2) is 7.92. The summed E-state index contributed by atoms with van der Waals surface area (Å²) in [6.45, 7) is 1.03. The van der Waals surface area contributed by atoms with E-state index in [4.69, 9.17) is 16.3 Å². The molecule has 0 bridgehead atoms. The summed E-state index contributed by atoms with van der Waals surface area (Å²) in [5, 5.41) is 12.6. The van der Waals surface area contributed by atoms with Gasteiger partial charge < -0.3 is 9.72 Å². The number of nitrogens with one attached hydrogen (secondary N) is 1. The van der Waals surface area contributed by atoms with Crippen LogP contribution in [-0.2, 0) is 14.8 Å². The second-order valence-electron chi connectivity index (χ2n) is 6.21. The Kier molecular flexibility index (Phi) is 5.49. The van der Waals surface area contributed by atoms with Gasteiger partial charge in [0.2, 0.25) is 10.0 Å². The highest BCUT2D eigenvalue weighted by Gasteiger charge is 2.29. The van der Waals surface area contributed by atoms with Crippen LogP contribution in [0.25, 0.3) is 11.0 Å². The molecule has 0 saturated carbocycles. The maximum absolute atomic E-state index is 12.8. The van der Waals surface area contributed by atoms with Crippen LogP contribution in [-0.4, -0.2) is 53.9 Å². The number of morpholine rings is 1. The number of benzene rings is 2. The monoisotopic (exact) mass is 454 g/mol. The van der Waals surface area contributed by atoms with Gasteiger partial charge in [-0.1, -0.05) is 11.6 Å². The van der Waals surface area contributed by atoms with E-state index in [1.165, 1.54) is 16.4 Å². The number of hydrogen-bond acceptors (Lipinski definition) is 7. The van der Waals surface area contributed by atoms with Crippen LogP contribution in [0.5, 0.6) is 0 Å². The largest absolute Gasteiger partial charge is 0.379 e. The lowest BCUT2D eigenvalue weighted by Gasteiger charge is -2.26. The number of H-pyrrole nitrogens is 1. The number of halogens is 1. The van der Waals surface area contributed by atoms with Crippen molar-refractivity contribution < 1.29 is 18.1 Å². The Bertz CT molecular complexity index is 1190. The van der Waals surface area contributed by atoms with Crippen molar-refractivity contribution in [1.29, 1.82) is 0 Å². The Morgan fingerprint density at radius 3 is 2.69 bits per heavy atom. The number of aromatic nitrogens is 2. The quantitative estimate of drug-likeness (QED) is 0.464. The average molecular weight is 455 g/mol. The smallest absolute Gasteiger partial charge is 0.284 e. The summed E-state index contributed by atoms with van der Waals surface area (Å²) >= 11 is 7.02. The van der Waals surface area contributed by atoms with Crippen molar-refractivity contribution in [2.24, 2.45) is 0 Å². The molecule has 9 nitrogen and oxygen atoms in total. The predicted octanol–water partition coefficient (Wildman–Crippen LogP) is 3.30. The first-order valence-electron chi connectivity index (χ1n) is 8.54. The Morgan fingerprint density at radius 1 is 1.21 bits per heavy atom. The molecule has 2 heterocycles. The van der Waals surface area contributed by atoms with E-state index in [1.807, 2.05) is 0 Å². The van der Waals surface area contributed by atoms with Crippen molar-refractivity contribution >= 4 is 50.1 Å². The number of ether oxygens (including phenoxy) is 1. The first-order chi connectivity index (χ1) is 13.8. The van der Waals surface area contributed by atoms with Gasteiger partial charge in [-0.25, -0.2) is 13.4 Å². The molecule has 0 amide bonds. The molecule has 1 aromatic heterocycles. The van der Waals surface area contributed by atoms with Gasteiger partial charge in [-0.15, -0.1) is 0 Å². The Balaban J connectivity index is 1.67. The molecular weight excluding hydrogens is 440 g/mol. The van der Waals surface area contributed by atoms with Crippen LogP contribution in [0.1, 0.15) is 0 Å². The number of rotatable bonds is 5. The van der Waals surface area contributed by atoms with Gasteiger partial charge in [-0.2, -0.15) is 4.31 Å². The maximum atomic E-state index is 12.8. The third-order valence-corrected chi connectivity index (χ3v) is 7.45. The van der Waals surface area contributed by atoms with Crippen LogP contribution in [0.4, 0.5) is 5.69 Å². The zero-order valence-electron chi connectivity index (χ0n) is 14.9. The van der Waals surface area contributed by atoms with E-state index < -0.39 is 14.9 Å². The van der Waals surface area contributed by atoms with Crippen molar-refractivity contribution in [2.75, 3.05) is 26.3 Å². The maximum Gasteiger partial charge on any atom is 0.284 e. The SMILES string of the molecule is O=[N+]([O-])c1cc(S(=O)(=O)N2CCOCC2)ccc1Sc1nc2ccc(Cl)cc2[nH]1. The predicted molar refractivity (Wildman–Crippen MR) is 108 cm³/mol. The number of nitro groups is 1. The summed E-state index contributed by atoms with van der Waals surface area (Å²) in [6.07, 6.45) is 0. The van der Waals surface area contributed by atoms with Gasteiger partial charge in [-0.3, -0.25) is 10.1 Å². The molecule has 1 fully saturated rings. The Morgan fingerprint density at radius 2 is 1.97 bits per heavy atom. The van der Waals surface area contributed by atoms with Crippen LogP contribution >= 0.6 is 23.4 Å². The Hall–Kier alpha value is -2.18. The first kappa shape index (κ1) is 20.1. The number of nitrogens with zero attached hydrogens (tertiary/aromatic N) is 3. The van der Waals surface area contributed by atoms with Crippen molar-refractivity contribution in [3.8, 4) is 0 Å². The number of nitro benzene ring substituents is 1. The van der Waals surface area contributed by atoms with Gasteiger partial charge >= 0.3 is 0 Å². The fraction of sp³-hybridized carbons (Fsp3) is 0.235. The molecule has 12 heteroatoms. The van der Waals surface area contributed by atoms with Gasteiger partial charge in [0, 0.05) is 24.2 Å². The number of imidazole rings is 1. The van der Waals surface area contributed by atoms with Crippen LogP contribution in [0, 0.1) is 10.1 Å². The topological polar surface area (TPSA) is 118 Å². The summed E-state index contributed by atoms with van der Waals surface area (Å²) in [5.41, 5.74) is 1.07. The van der Waals surface area contributed by atoms with E-state index in [2.05, 4.69) is 9.97 Å². The van der Waals surface area contributed by atoms with E-state index in [9.17, 15) is 18.5 Å². The highest BCUT2D eigenvalue weighted by atomic mass is 35.5. The summed E-state index contributed by atoms with van der Waals surface area (Å²) in [7, 11) is -3.83. The molecule has 0 unspecified atom stereocenters. The van der Waals surface area contributed by atoms with Crippen LogP contribution < -0.4 is 0 Å². The van der Waals surface area contributed by atoms with Gasteiger partial charge in [0.25, 0.3) is 5.69 Å². The zero-order valence-corrected chi connectivity index (χ0v) is 17.3. The second-order valence-corrected chi connectivity index (χ2v) is 9.61. The minimum atomic E-state index is -3.83. The van der Waals surface area contributed by atoms with E-state index in [0.29, 0.717) is 34.4 Å². The van der Waals surface area contributed by atoms with E-state index in [-0.39, 0.29) is 28.6 Å². The summed E-state index contributed by atoms with van der Waals surface area (Å²) in [4.78, 5) is 18.6. The van der Waals surface area contributed by atoms with Gasteiger partial charge in [0.15, 0.2) is 5.16 Å². The third-order valence-electron chi connectivity index (χ3n) is 4.36. The molecule has 1 saturated heterocycles. The standard InChI is InChI=1S/C17H15ClN4O5S2/c18-11-1-3-13-14(9-11)20-17(19-13)28-16-4-2-12(10-15(16)22(23)24)29(25,26)21-5-7-27-8-6-21/h1-4,9-10H,5-8H2,(H,19,20). The molecule has 0 spiro atoms. The first-order valence-corrected chi connectivity index (χ1v) is 11.2. The number of sulfonamides is 1. The molecule has 0 aliphatic carbocycles.